The molecule has 1 aliphatic carbocycles. The molecule has 1 aromatic heterocycles. The van der Waals surface area contributed by atoms with Gasteiger partial charge in [-0.1, -0.05) is 29.0 Å². The van der Waals surface area contributed by atoms with Gasteiger partial charge < -0.3 is 0 Å². The van der Waals surface area contributed by atoms with Gasteiger partial charge in [0, 0.05) is 14.3 Å². The highest BCUT2D eigenvalue weighted by atomic mass is 32.6. The Labute approximate surface area is 95.1 Å². The van der Waals surface area contributed by atoms with Crippen LogP contribution in [0.2, 0.25) is 0 Å². The van der Waals surface area contributed by atoms with Gasteiger partial charge in [0.25, 0.3) is 5.56 Å². The average Bonchev–Trinajstić information content (AvgIpc) is 2.70. The molecule has 0 saturated heterocycles. The number of hydrogen-bond acceptors (Lipinski definition) is 2. The number of fused-ring (bicyclic) bond motifs is 1. The zero-order valence-corrected chi connectivity index (χ0v) is 12.5. The molecule has 1 heterocycles. The van der Waals surface area contributed by atoms with Crippen molar-refractivity contribution in [2.24, 2.45) is 7.05 Å². The molecule has 3 nitrogen and oxygen atoms in total. The van der Waals surface area contributed by atoms with E-state index in [2.05, 4.69) is 22.8 Å². The van der Waals surface area contributed by atoms with Gasteiger partial charge in [-0.3, -0.25) is 9.36 Å². The van der Waals surface area contributed by atoms with E-state index in [0.717, 1.165) is 22.6 Å². The summed E-state index contributed by atoms with van der Waals surface area (Å²) in [6, 6.07) is 0. The number of nitrogens with zero attached hydrogens (tertiary/aromatic N) is 2. The normalized spacial score (nSPS) is 16.2. The van der Waals surface area contributed by atoms with Gasteiger partial charge in [-0.25, -0.2) is 4.98 Å². The molecule has 0 radical (unpaired) electrons. The van der Waals surface area contributed by atoms with Crippen LogP contribution in [0.25, 0.3) is 12.2 Å². The lowest BCUT2D eigenvalue weighted by Gasteiger charge is -2.11. The van der Waals surface area contributed by atoms with Crippen LogP contribution in [0, 0.1) is 0 Å². The smallest absolute Gasteiger partial charge is 0.261 e. The second-order valence-electron chi connectivity index (χ2n) is 3.22. The fraction of sp³-hybridized carbons (Fsp3) is 0.250. The SMILES string of the molecule is Cn1c(P(P)PP)nc2c(c1=O)=CCC=2. The predicted octanol–water partition coefficient (Wildman–Crippen LogP) is 0.0259. The summed E-state index contributed by atoms with van der Waals surface area (Å²) in [6.45, 7) is 0. The van der Waals surface area contributed by atoms with E-state index in [1.54, 1.807) is 11.6 Å². The Morgan fingerprint density at radius 2 is 2.33 bits per heavy atom. The van der Waals surface area contributed by atoms with Crippen molar-refractivity contribution in [2.45, 2.75) is 6.42 Å². The van der Waals surface area contributed by atoms with Gasteiger partial charge in [0.05, 0.1) is 10.6 Å². The summed E-state index contributed by atoms with van der Waals surface area (Å²) < 4.78 is 1.68. The molecule has 80 valence electrons. The standard InChI is InChI=1S/C8H12N2OP4/c1-10-7(11)5-3-2-4-6(5)9-8(10)15(13)14-12/h3-4,14H,2,12-13H2,1H3. The number of aromatic nitrogens is 2. The van der Waals surface area contributed by atoms with E-state index in [1.165, 1.54) is 0 Å². The largest absolute Gasteiger partial charge is 0.295 e. The van der Waals surface area contributed by atoms with Crippen molar-refractivity contribution in [1.82, 2.24) is 9.55 Å². The van der Waals surface area contributed by atoms with E-state index in [9.17, 15) is 4.79 Å². The van der Waals surface area contributed by atoms with Crippen LogP contribution in [0.4, 0.5) is 0 Å². The summed E-state index contributed by atoms with van der Waals surface area (Å²) in [6.07, 6.45) is 4.79. The summed E-state index contributed by atoms with van der Waals surface area (Å²) in [7, 11) is 7.65. The van der Waals surface area contributed by atoms with Gasteiger partial charge >= 0.3 is 0 Å². The Balaban J connectivity index is 2.77. The van der Waals surface area contributed by atoms with Crippen molar-refractivity contribution >= 4 is 50.8 Å². The molecule has 1 aromatic rings. The minimum atomic E-state index is -0.392. The average molecular weight is 276 g/mol. The zero-order valence-electron chi connectivity index (χ0n) is 8.27. The van der Waals surface area contributed by atoms with Crippen LogP contribution in [0.3, 0.4) is 0 Å². The Morgan fingerprint density at radius 3 is 3.00 bits per heavy atom. The van der Waals surface area contributed by atoms with Crippen molar-refractivity contribution in [3.63, 3.8) is 0 Å². The first-order chi connectivity index (χ1) is 7.15. The van der Waals surface area contributed by atoms with Crippen LogP contribution >= 0.6 is 33.1 Å². The Morgan fingerprint density at radius 1 is 1.60 bits per heavy atom. The monoisotopic (exact) mass is 276 g/mol. The van der Waals surface area contributed by atoms with E-state index < -0.39 is 7.30 Å². The molecule has 4 unspecified atom stereocenters. The summed E-state index contributed by atoms with van der Waals surface area (Å²) >= 11 is 0. The summed E-state index contributed by atoms with van der Waals surface area (Å²) in [5.74, 6) is 0. The second kappa shape index (κ2) is 4.68. The molecule has 15 heavy (non-hydrogen) atoms. The third-order valence-electron chi connectivity index (χ3n) is 2.32. The van der Waals surface area contributed by atoms with Crippen LogP contribution in [0.5, 0.6) is 0 Å². The van der Waals surface area contributed by atoms with Crippen LogP contribution in [-0.2, 0) is 7.05 Å². The second-order valence-corrected chi connectivity index (χ2v) is 12.3. The van der Waals surface area contributed by atoms with Crippen molar-refractivity contribution < 1.29 is 0 Å². The maximum absolute atomic E-state index is 12.0. The first-order valence-corrected chi connectivity index (χ1v) is 11.0. The molecular weight excluding hydrogens is 264 g/mol. The lowest BCUT2D eigenvalue weighted by Crippen LogP contribution is -2.50. The molecule has 1 aliphatic rings. The molecule has 0 aliphatic heterocycles. The van der Waals surface area contributed by atoms with E-state index >= 15 is 0 Å². The molecule has 0 bridgehead atoms. The minimum absolute atomic E-state index is 0.0851. The summed E-state index contributed by atoms with van der Waals surface area (Å²) in [5.41, 5.74) is 1.00. The lowest BCUT2D eigenvalue weighted by molar-refractivity contribution is 0.846. The third-order valence-corrected chi connectivity index (χ3v) is 12.1. The molecule has 0 fully saturated rings. The van der Waals surface area contributed by atoms with E-state index in [0.29, 0.717) is 7.96 Å². The first kappa shape index (κ1) is 11.8. The maximum atomic E-state index is 12.0. The quantitative estimate of drug-likeness (QED) is 0.714. The van der Waals surface area contributed by atoms with Gasteiger partial charge in [-0.2, -0.15) is 0 Å². The molecule has 0 N–H and O–H groups in total. The summed E-state index contributed by atoms with van der Waals surface area (Å²) in [5, 5.41) is 1.63. The Kier molecular flexibility index (Phi) is 3.69. The molecule has 0 amide bonds. The van der Waals surface area contributed by atoms with Crippen molar-refractivity contribution in [2.75, 3.05) is 0 Å². The fourth-order valence-electron chi connectivity index (χ4n) is 1.53. The topological polar surface area (TPSA) is 34.9 Å². The van der Waals surface area contributed by atoms with Gasteiger partial charge in [0.2, 0.25) is 0 Å². The predicted molar refractivity (Wildman–Crippen MR) is 76.6 cm³/mol. The number of rotatable bonds is 2. The molecule has 0 aromatic carbocycles. The van der Waals surface area contributed by atoms with Crippen LogP contribution in [0.15, 0.2) is 4.79 Å². The van der Waals surface area contributed by atoms with Gasteiger partial charge in [-0.05, 0) is 6.42 Å². The summed E-state index contributed by atoms with van der Waals surface area (Å²) in [4.78, 5) is 16.5. The zero-order chi connectivity index (χ0) is 11.0. The fourth-order valence-corrected chi connectivity index (χ4v) is 4.96. The molecule has 0 saturated carbocycles. The van der Waals surface area contributed by atoms with Crippen molar-refractivity contribution in [3.05, 3.63) is 20.9 Å². The third kappa shape index (κ3) is 2.09. The molecular formula is C8H12N2OP4. The highest BCUT2D eigenvalue weighted by molar-refractivity contribution is 8.63. The Hall–Kier alpha value is 0.340. The highest BCUT2D eigenvalue weighted by Crippen LogP contribution is 2.64. The molecule has 0 spiro atoms. The lowest BCUT2D eigenvalue weighted by atomic mass is 10.4. The molecule has 2 rings (SSSR count). The minimum Gasteiger partial charge on any atom is -0.295 e. The maximum Gasteiger partial charge on any atom is 0.261 e. The molecule has 7 heteroatoms. The van der Waals surface area contributed by atoms with Crippen molar-refractivity contribution in [1.29, 1.82) is 0 Å². The van der Waals surface area contributed by atoms with E-state index in [4.69, 9.17) is 0 Å². The van der Waals surface area contributed by atoms with Crippen molar-refractivity contribution in [3.8, 4) is 0 Å². The van der Waals surface area contributed by atoms with E-state index in [1.807, 2.05) is 12.2 Å². The number of hydrogen-bond donors (Lipinski definition) is 0. The van der Waals surface area contributed by atoms with Crippen LogP contribution < -0.4 is 21.7 Å². The van der Waals surface area contributed by atoms with Gasteiger partial charge in [0.15, 0.2) is 0 Å². The first-order valence-electron chi connectivity index (χ1n) is 4.43. The molecule has 4 atom stereocenters. The Bertz CT molecular complexity index is 565. The van der Waals surface area contributed by atoms with Gasteiger partial charge in [0.1, 0.15) is 5.57 Å². The van der Waals surface area contributed by atoms with Crippen LogP contribution in [0.1, 0.15) is 6.42 Å². The van der Waals surface area contributed by atoms with E-state index in [-0.39, 0.29) is 5.56 Å². The van der Waals surface area contributed by atoms with Gasteiger partial charge in [-0.15, -0.1) is 8.93 Å². The highest BCUT2D eigenvalue weighted by Gasteiger charge is 2.12. The van der Waals surface area contributed by atoms with Crippen LogP contribution in [-0.4, -0.2) is 9.55 Å².